The number of aryl methyl sites for hydroxylation is 1. The molecule has 0 aliphatic carbocycles. The molecule has 8 heteroatoms. The van der Waals surface area contributed by atoms with Crippen molar-refractivity contribution in [1.82, 2.24) is 4.90 Å². The Balaban J connectivity index is 1.66. The average molecular weight is 413 g/mol. The Morgan fingerprint density at radius 1 is 1.21 bits per heavy atom. The van der Waals surface area contributed by atoms with Crippen LogP contribution in [0.2, 0.25) is 0 Å². The van der Waals surface area contributed by atoms with Crippen molar-refractivity contribution in [3.05, 3.63) is 53.6 Å². The zero-order valence-corrected chi connectivity index (χ0v) is 17.2. The normalized spacial score (nSPS) is 20.0. The van der Waals surface area contributed by atoms with Crippen molar-refractivity contribution >= 4 is 27.5 Å². The predicted molar refractivity (Wildman–Crippen MR) is 111 cm³/mol. The van der Waals surface area contributed by atoms with Crippen LogP contribution >= 0.6 is 0 Å². The molecule has 2 aromatic carbocycles. The van der Waals surface area contributed by atoms with Gasteiger partial charge in [0.2, 0.25) is 5.91 Å². The Hall–Kier alpha value is -2.87. The van der Waals surface area contributed by atoms with Gasteiger partial charge < -0.3 is 15.0 Å². The second kappa shape index (κ2) is 7.51. The van der Waals surface area contributed by atoms with E-state index >= 15 is 0 Å². The molecule has 2 aliphatic rings. The number of sulfonamides is 1. The van der Waals surface area contributed by atoms with Gasteiger partial charge in [-0.25, -0.2) is 0 Å². The summed E-state index contributed by atoms with van der Waals surface area (Å²) in [7, 11) is -2.18. The van der Waals surface area contributed by atoms with E-state index in [2.05, 4.69) is 9.71 Å². The molecule has 29 heavy (non-hydrogen) atoms. The van der Waals surface area contributed by atoms with Crippen LogP contribution < -0.4 is 10.1 Å². The maximum atomic E-state index is 13.2. The lowest BCUT2D eigenvalue weighted by atomic mass is 9.99. The van der Waals surface area contributed by atoms with E-state index in [1.165, 1.54) is 0 Å². The molecule has 1 saturated heterocycles. The predicted octanol–water partition coefficient (Wildman–Crippen LogP) is 2.95. The van der Waals surface area contributed by atoms with Gasteiger partial charge in [-0.1, -0.05) is 18.2 Å². The SMILES string of the molecule is COc1ccc(C)cc1NC(=O)[C@@H]1CCCCN1C1=NS(=O)(=O)c2ccccc21. The first-order valence-electron chi connectivity index (χ1n) is 9.57. The van der Waals surface area contributed by atoms with Crippen LogP contribution in [0, 0.1) is 6.92 Å². The van der Waals surface area contributed by atoms with Gasteiger partial charge in [0, 0.05) is 12.1 Å². The number of rotatable bonds is 3. The molecule has 0 radical (unpaired) electrons. The number of nitrogens with one attached hydrogen (secondary N) is 1. The van der Waals surface area contributed by atoms with Crippen molar-refractivity contribution in [2.24, 2.45) is 4.40 Å². The zero-order valence-electron chi connectivity index (χ0n) is 16.4. The van der Waals surface area contributed by atoms with Crippen molar-refractivity contribution in [1.29, 1.82) is 0 Å². The molecule has 0 saturated carbocycles. The molecular weight excluding hydrogens is 390 g/mol. The number of hydrogen-bond acceptors (Lipinski definition) is 5. The van der Waals surface area contributed by atoms with E-state index in [0.717, 1.165) is 18.4 Å². The molecule has 1 atom stereocenters. The van der Waals surface area contributed by atoms with Gasteiger partial charge in [0.25, 0.3) is 10.0 Å². The third-order valence-corrected chi connectivity index (χ3v) is 6.63. The van der Waals surface area contributed by atoms with Gasteiger partial charge in [-0.2, -0.15) is 8.42 Å². The molecule has 1 fully saturated rings. The standard InChI is InChI=1S/C21H23N3O4S/c1-14-10-11-18(28-2)16(13-14)22-21(25)17-8-5-6-12-24(17)20-15-7-3-4-9-19(15)29(26,27)23-20/h3-4,7,9-11,13,17H,5-6,8,12H2,1-2H3,(H,22,25)/t17-/m0/s1. The molecule has 1 amide bonds. The Kier molecular flexibility index (Phi) is 5.04. The number of anilines is 1. The summed E-state index contributed by atoms with van der Waals surface area (Å²) in [5, 5.41) is 2.96. The van der Waals surface area contributed by atoms with Crippen LogP contribution in [0.25, 0.3) is 0 Å². The Morgan fingerprint density at radius 2 is 2.00 bits per heavy atom. The highest BCUT2D eigenvalue weighted by molar-refractivity contribution is 7.90. The third-order valence-electron chi connectivity index (χ3n) is 5.30. The van der Waals surface area contributed by atoms with Crippen LogP contribution in [-0.4, -0.2) is 44.8 Å². The molecule has 0 unspecified atom stereocenters. The van der Waals surface area contributed by atoms with Crippen molar-refractivity contribution in [2.75, 3.05) is 19.0 Å². The quantitative estimate of drug-likeness (QED) is 0.836. The highest BCUT2D eigenvalue weighted by atomic mass is 32.2. The first-order chi connectivity index (χ1) is 13.9. The lowest BCUT2D eigenvalue weighted by Crippen LogP contribution is -2.50. The van der Waals surface area contributed by atoms with Crippen LogP contribution in [0.15, 0.2) is 51.8 Å². The summed E-state index contributed by atoms with van der Waals surface area (Å²) in [5.41, 5.74) is 2.16. The molecule has 0 aromatic heterocycles. The number of ether oxygens (including phenoxy) is 1. The first-order valence-corrected chi connectivity index (χ1v) is 11.0. The molecule has 2 heterocycles. The number of piperidine rings is 1. The lowest BCUT2D eigenvalue weighted by molar-refractivity contribution is -0.120. The van der Waals surface area contributed by atoms with E-state index in [1.54, 1.807) is 31.4 Å². The topological polar surface area (TPSA) is 88.1 Å². The van der Waals surface area contributed by atoms with Crippen LogP contribution in [-0.2, 0) is 14.8 Å². The van der Waals surface area contributed by atoms with Crippen molar-refractivity contribution in [2.45, 2.75) is 37.1 Å². The molecule has 0 bridgehead atoms. The second-order valence-corrected chi connectivity index (χ2v) is 8.86. The fourth-order valence-electron chi connectivity index (χ4n) is 3.89. The maximum absolute atomic E-state index is 13.2. The molecule has 4 rings (SSSR count). The molecule has 1 N–H and O–H groups in total. The van der Waals surface area contributed by atoms with Crippen LogP contribution in [0.3, 0.4) is 0 Å². The van der Waals surface area contributed by atoms with Gasteiger partial charge in [0.1, 0.15) is 16.7 Å². The van der Waals surface area contributed by atoms with E-state index < -0.39 is 16.1 Å². The second-order valence-electron chi connectivity index (χ2n) is 7.28. The molecular formula is C21H23N3O4S. The summed E-state index contributed by atoms with van der Waals surface area (Å²) in [6, 6.07) is 11.8. The van der Waals surface area contributed by atoms with Crippen LogP contribution in [0.5, 0.6) is 5.75 Å². The number of carbonyl (C=O) groups excluding carboxylic acids is 1. The largest absolute Gasteiger partial charge is 0.495 e. The summed E-state index contributed by atoms with van der Waals surface area (Å²) in [6.45, 7) is 2.52. The number of nitrogens with zero attached hydrogens (tertiary/aromatic N) is 2. The Morgan fingerprint density at radius 3 is 2.79 bits per heavy atom. The molecule has 7 nitrogen and oxygen atoms in total. The highest BCUT2D eigenvalue weighted by Crippen LogP contribution is 2.32. The number of amides is 1. The third kappa shape index (κ3) is 3.60. The molecule has 2 aromatic rings. The zero-order chi connectivity index (χ0) is 20.6. The number of methoxy groups -OCH3 is 1. The minimum Gasteiger partial charge on any atom is -0.495 e. The first kappa shape index (κ1) is 19.4. The average Bonchev–Trinajstić information content (AvgIpc) is 2.99. The number of amidine groups is 1. The molecule has 0 spiro atoms. The highest BCUT2D eigenvalue weighted by Gasteiger charge is 2.38. The summed E-state index contributed by atoms with van der Waals surface area (Å²) in [4.78, 5) is 15.2. The number of hydrogen-bond donors (Lipinski definition) is 1. The lowest BCUT2D eigenvalue weighted by Gasteiger charge is -2.36. The smallest absolute Gasteiger partial charge is 0.285 e. The fourth-order valence-corrected chi connectivity index (χ4v) is 5.11. The van der Waals surface area contributed by atoms with E-state index in [0.29, 0.717) is 35.8 Å². The minimum atomic E-state index is -3.73. The maximum Gasteiger partial charge on any atom is 0.285 e. The van der Waals surface area contributed by atoms with Gasteiger partial charge in [0.15, 0.2) is 5.84 Å². The summed E-state index contributed by atoms with van der Waals surface area (Å²) < 4.78 is 34.3. The minimum absolute atomic E-state index is 0.195. The van der Waals surface area contributed by atoms with E-state index in [1.807, 2.05) is 30.0 Å². The Labute approximate surface area is 170 Å². The Bertz CT molecular complexity index is 1090. The van der Waals surface area contributed by atoms with E-state index in [-0.39, 0.29) is 10.8 Å². The summed E-state index contributed by atoms with van der Waals surface area (Å²) in [5.74, 6) is 0.743. The number of carbonyl (C=O) groups is 1. The van der Waals surface area contributed by atoms with Crippen LogP contribution in [0.4, 0.5) is 5.69 Å². The van der Waals surface area contributed by atoms with Crippen molar-refractivity contribution in [3.8, 4) is 5.75 Å². The van der Waals surface area contributed by atoms with Crippen molar-refractivity contribution in [3.63, 3.8) is 0 Å². The van der Waals surface area contributed by atoms with Gasteiger partial charge in [0.05, 0.1) is 12.8 Å². The fraction of sp³-hybridized carbons (Fsp3) is 0.333. The van der Waals surface area contributed by atoms with Gasteiger partial charge in [-0.3, -0.25) is 4.79 Å². The molecule has 152 valence electrons. The summed E-state index contributed by atoms with van der Waals surface area (Å²) >= 11 is 0. The van der Waals surface area contributed by atoms with Gasteiger partial charge in [-0.15, -0.1) is 4.40 Å². The van der Waals surface area contributed by atoms with Crippen molar-refractivity contribution < 1.29 is 17.9 Å². The molecule has 2 aliphatic heterocycles. The number of likely N-dealkylation sites (tertiary alicyclic amines) is 1. The van der Waals surface area contributed by atoms with Gasteiger partial charge in [-0.05, 0) is 56.0 Å². The number of benzene rings is 2. The van der Waals surface area contributed by atoms with Crippen LogP contribution in [0.1, 0.15) is 30.4 Å². The summed E-state index contributed by atoms with van der Waals surface area (Å²) in [6.07, 6.45) is 2.39. The monoisotopic (exact) mass is 413 g/mol. The number of fused-ring (bicyclic) bond motifs is 1. The van der Waals surface area contributed by atoms with E-state index in [4.69, 9.17) is 4.74 Å². The van der Waals surface area contributed by atoms with Gasteiger partial charge >= 0.3 is 0 Å². The van der Waals surface area contributed by atoms with E-state index in [9.17, 15) is 13.2 Å².